The summed E-state index contributed by atoms with van der Waals surface area (Å²) in [6.07, 6.45) is 2.97. The van der Waals surface area contributed by atoms with Gasteiger partial charge in [-0.2, -0.15) is 4.68 Å². The first-order valence-electron chi connectivity index (χ1n) is 7.52. The SMILES string of the molecule is CC1CC1C(=O)Nc1ccc(F)c(-n2nnnc2C2CC2)c1. The van der Waals surface area contributed by atoms with Crippen LogP contribution in [0.2, 0.25) is 0 Å². The Morgan fingerprint density at radius 1 is 1.41 bits per heavy atom. The summed E-state index contributed by atoms with van der Waals surface area (Å²) in [4.78, 5) is 12.0. The summed E-state index contributed by atoms with van der Waals surface area (Å²) in [6, 6.07) is 4.48. The van der Waals surface area contributed by atoms with Crippen molar-refractivity contribution in [3.05, 3.63) is 29.8 Å². The molecule has 2 unspecified atom stereocenters. The van der Waals surface area contributed by atoms with E-state index in [0.29, 0.717) is 23.3 Å². The number of hydrogen-bond donors (Lipinski definition) is 1. The highest BCUT2D eigenvalue weighted by Crippen LogP contribution is 2.40. The van der Waals surface area contributed by atoms with Crippen molar-refractivity contribution < 1.29 is 9.18 Å². The third kappa shape index (κ3) is 2.36. The van der Waals surface area contributed by atoms with Gasteiger partial charge in [-0.05, 0) is 53.8 Å². The second kappa shape index (κ2) is 4.86. The molecule has 22 heavy (non-hydrogen) atoms. The number of anilines is 1. The Morgan fingerprint density at radius 2 is 2.18 bits per heavy atom. The molecule has 0 spiro atoms. The number of carbonyl (C=O) groups is 1. The van der Waals surface area contributed by atoms with Gasteiger partial charge in [0.15, 0.2) is 5.82 Å². The van der Waals surface area contributed by atoms with E-state index in [1.807, 2.05) is 6.92 Å². The van der Waals surface area contributed by atoms with Gasteiger partial charge in [-0.3, -0.25) is 4.79 Å². The predicted octanol–water partition coefficient (Wildman–Crippen LogP) is 2.27. The lowest BCUT2D eigenvalue weighted by Gasteiger charge is -2.09. The Bertz CT molecular complexity index is 739. The largest absolute Gasteiger partial charge is 0.326 e. The van der Waals surface area contributed by atoms with Crippen molar-refractivity contribution in [2.45, 2.75) is 32.1 Å². The minimum absolute atomic E-state index is 0.0100. The molecule has 2 aromatic rings. The quantitative estimate of drug-likeness (QED) is 0.940. The van der Waals surface area contributed by atoms with Gasteiger partial charge < -0.3 is 5.32 Å². The molecule has 6 nitrogen and oxygen atoms in total. The number of halogens is 1. The average Bonchev–Trinajstić information content (AvgIpc) is 3.41. The maximum absolute atomic E-state index is 14.1. The van der Waals surface area contributed by atoms with Gasteiger partial charge in [0, 0.05) is 17.5 Å². The molecule has 2 fully saturated rings. The summed E-state index contributed by atoms with van der Waals surface area (Å²) >= 11 is 0. The van der Waals surface area contributed by atoms with Gasteiger partial charge in [0.2, 0.25) is 5.91 Å². The number of tetrazole rings is 1. The molecule has 2 atom stereocenters. The molecule has 7 heteroatoms. The van der Waals surface area contributed by atoms with Crippen molar-refractivity contribution in [2.75, 3.05) is 5.32 Å². The van der Waals surface area contributed by atoms with Crippen molar-refractivity contribution >= 4 is 11.6 Å². The van der Waals surface area contributed by atoms with Crippen LogP contribution in [0, 0.1) is 17.7 Å². The van der Waals surface area contributed by atoms with E-state index in [1.165, 1.54) is 10.7 Å². The Kier molecular flexibility index (Phi) is 2.95. The van der Waals surface area contributed by atoms with Gasteiger partial charge >= 0.3 is 0 Å². The molecule has 1 N–H and O–H groups in total. The van der Waals surface area contributed by atoms with Crippen molar-refractivity contribution in [2.24, 2.45) is 11.8 Å². The van der Waals surface area contributed by atoms with E-state index < -0.39 is 5.82 Å². The zero-order chi connectivity index (χ0) is 15.3. The molecule has 1 amide bonds. The maximum atomic E-state index is 14.1. The van der Waals surface area contributed by atoms with Gasteiger partial charge in [-0.1, -0.05) is 6.92 Å². The van der Waals surface area contributed by atoms with E-state index in [2.05, 4.69) is 20.8 Å². The van der Waals surface area contributed by atoms with Crippen molar-refractivity contribution in [3.63, 3.8) is 0 Å². The summed E-state index contributed by atoms with van der Waals surface area (Å²) in [6.45, 7) is 2.04. The summed E-state index contributed by atoms with van der Waals surface area (Å²) in [5.41, 5.74) is 0.839. The fourth-order valence-electron chi connectivity index (χ4n) is 2.64. The fourth-order valence-corrected chi connectivity index (χ4v) is 2.64. The topological polar surface area (TPSA) is 72.7 Å². The van der Waals surface area contributed by atoms with E-state index >= 15 is 0 Å². The zero-order valence-corrected chi connectivity index (χ0v) is 12.2. The Balaban J connectivity index is 1.63. The Labute approximate surface area is 126 Å². The number of nitrogens with one attached hydrogen (secondary N) is 1. The minimum Gasteiger partial charge on any atom is -0.326 e. The Morgan fingerprint density at radius 3 is 2.86 bits per heavy atom. The number of benzene rings is 1. The smallest absolute Gasteiger partial charge is 0.227 e. The first-order chi connectivity index (χ1) is 10.6. The zero-order valence-electron chi connectivity index (χ0n) is 12.2. The number of rotatable bonds is 4. The summed E-state index contributed by atoms with van der Waals surface area (Å²) in [7, 11) is 0. The summed E-state index contributed by atoms with van der Waals surface area (Å²) < 4.78 is 15.6. The van der Waals surface area contributed by atoms with Gasteiger partial charge in [0.05, 0.1) is 0 Å². The number of amides is 1. The maximum Gasteiger partial charge on any atom is 0.227 e. The van der Waals surface area contributed by atoms with Crippen LogP contribution in [0.3, 0.4) is 0 Å². The lowest BCUT2D eigenvalue weighted by molar-refractivity contribution is -0.117. The third-order valence-electron chi connectivity index (χ3n) is 4.32. The second-order valence-electron chi connectivity index (χ2n) is 6.20. The van der Waals surface area contributed by atoms with E-state index in [9.17, 15) is 9.18 Å². The van der Waals surface area contributed by atoms with Crippen LogP contribution in [0.15, 0.2) is 18.2 Å². The number of nitrogens with zero attached hydrogens (tertiary/aromatic N) is 4. The average molecular weight is 301 g/mol. The normalized spacial score (nSPS) is 23.4. The molecular weight excluding hydrogens is 285 g/mol. The fraction of sp³-hybridized carbons (Fsp3) is 0.467. The highest BCUT2D eigenvalue weighted by molar-refractivity contribution is 5.94. The van der Waals surface area contributed by atoms with Crippen LogP contribution in [0.25, 0.3) is 5.69 Å². The van der Waals surface area contributed by atoms with Crippen LogP contribution >= 0.6 is 0 Å². The second-order valence-corrected chi connectivity index (χ2v) is 6.20. The monoisotopic (exact) mass is 301 g/mol. The highest BCUT2D eigenvalue weighted by atomic mass is 19.1. The molecule has 0 saturated heterocycles. The lowest BCUT2D eigenvalue weighted by atomic mass is 10.2. The lowest BCUT2D eigenvalue weighted by Crippen LogP contribution is -2.15. The third-order valence-corrected chi connectivity index (χ3v) is 4.32. The number of carbonyl (C=O) groups excluding carboxylic acids is 1. The van der Waals surface area contributed by atoms with Crippen molar-refractivity contribution in [3.8, 4) is 5.69 Å². The number of aromatic nitrogens is 4. The predicted molar refractivity (Wildman–Crippen MR) is 77.0 cm³/mol. The molecule has 4 rings (SSSR count). The van der Waals surface area contributed by atoms with E-state index in [-0.39, 0.29) is 17.5 Å². The van der Waals surface area contributed by atoms with Crippen molar-refractivity contribution in [1.82, 2.24) is 20.2 Å². The molecule has 0 bridgehead atoms. The molecule has 1 aromatic carbocycles. The van der Waals surface area contributed by atoms with Crippen LogP contribution in [0.4, 0.5) is 10.1 Å². The van der Waals surface area contributed by atoms with Gasteiger partial charge in [-0.25, -0.2) is 4.39 Å². The van der Waals surface area contributed by atoms with Gasteiger partial charge in [0.1, 0.15) is 11.5 Å². The first kappa shape index (κ1) is 13.4. The molecule has 114 valence electrons. The van der Waals surface area contributed by atoms with Crippen LogP contribution < -0.4 is 5.32 Å². The first-order valence-corrected chi connectivity index (χ1v) is 7.52. The standard InChI is InChI=1S/C15H16FN5O/c1-8-6-11(8)15(22)17-10-4-5-12(16)13(7-10)21-14(9-2-3-9)18-19-20-21/h4-5,7-9,11H,2-3,6H2,1H3,(H,17,22). The molecular formula is C15H16FN5O. The van der Waals surface area contributed by atoms with E-state index in [1.54, 1.807) is 12.1 Å². The summed E-state index contributed by atoms with van der Waals surface area (Å²) in [5.74, 6) is 1.07. The summed E-state index contributed by atoms with van der Waals surface area (Å²) in [5, 5.41) is 14.4. The minimum atomic E-state index is -0.410. The van der Waals surface area contributed by atoms with Crippen LogP contribution in [-0.2, 0) is 4.79 Å². The molecule has 2 aliphatic carbocycles. The van der Waals surface area contributed by atoms with Crippen LogP contribution in [0.5, 0.6) is 0 Å². The molecule has 0 aliphatic heterocycles. The molecule has 0 radical (unpaired) electrons. The van der Waals surface area contributed by atoms with E-state index in [0.717, 1.165) is 19.3 Å². The van der Waals surface area contributed by atoms with E-state index in [4.69, 9.17) is 0 Å². The molecule has 2 saturated carbocycles. The molecule has 1 aromatic heterocycles. The van der Waals surface area contributed by atoms with Crippen molar-refractivity contribution in [1.29, 1.82) is 0 Å². The Hall–Kier alpha value is -2.31. The number of hydrogen-bond acceptors (Lipinski definition) is 4. The van der Waals surface area contributed by atoms with Gasteiger partial charge in [0.25, 0.3) is 0 Å². The molecule has 1 heterocycles. The van der Waals surface area contributed by atoms with Crippen LogP contribution in [0.1, 0.15) is 37.9 Å². The van der Waals surface area contributed by atoms with Gasteiger partial charge in [-0.15, -0.1) is 5.10 Å². The molecule has 2 aliphatic rings. The van der Waals surface area contributed by atoms with Crippen LogP contribution in [-0.4, -0.2) is 26.1 Å². The highest BCUT2D eigenvalue weighted by Gasteiger charge is 2.39.